The van der Waals surface area contributed by atoms with Crippen molar-refractivity contribution in [3.8, 4) is 0 Å². The van der Waals surface area contributed by atoms with Crippen LogP contribution in [0.3, 0.4) is 0 Å². The third kappa shape index (κ3) is 3.61. The summed E-state index contributed by atoms with van der Waals surface area (Å²) in [6.07, 6.45) is 6.77. The van der Waals surface area contributed by atoms with Gasteiger partial charge < -0.3 is 9.40 Å². The minimum absolute atomic E-state index is 0.238. The van der Waals surface area contributed by atoms with Crippen molar-refractivity contribution in [1.29, 1.82) is 0 Å². The highest BCUT2D eigenvalue weighted by Gasteiger charge is 2.36. The lowest BCUT2D eigenvalue weighted by molar-refractivity contribution is -0.785. The molecule has 1 unspecified atom stereocenters. The SMILES string of the molecule is C=CCC(Cn1ccnc1)(O[N+](=O)[O-])c1ccc(Cl)cc1. The van der Waals surface area contributed by atoms with E-state index in [9.17, 15) is 10.1 Å². The summed E-state index contributed by atoms with van der Waals surface area (Å²) >= 11 is 5.88. The van der Waals surface area contributed by atoms with Crippen LogP contribution < -0.4 is 0 Å². The third-order valence-corrected chi connectivity index (χ3v) is 3.34. The summed E-state index contributed by atoms with van der Waals surface area (Å²) < 4.78 is 1.72. The summed E-state index contributed by atoms with van der Waals surface area (Å²) in [5, 5.41) is 10.7. The fraction of sp³-hybridized carbons (Fsp3) is 0.214. The number of aromatic nitrogens is 2. The number of nitrogens with zero attached hydrogens (tertiary/aromatic N) is 3. The predicted molar refractivity (Wildman–Crippen MR) is 78.3 cm³/mol. The molecular formula is C14H14ClN3O3. The van der Waals surface area contributed by atoms with Gasteiger partial charge in [0, 0.05) is 23.8 Å². The maximum Gasteiger partial charge on any atom is 0.295 e. The monoisotopic (exact) mass is 307 g/mol. The van der Waals surface area contributed by atoms with Gasteiger partial charge in [-0.3, -0.25) is 0 Å². The fourth-order valence-corrected chi connectivity index (χ4v) is 2.32. The van der Waals surface area contributed by atoms with Crippen LogP contribution >= 0.6 is 11.6 Å². The van der Waals surface area contributed by atoms with Gasteiger partial charge in [-0.15, -0.1) is 16.7 Å². The smallest absolute Gasteiger partial charge is 0.295 e. The van der Waals surface area contributed by atoms with Crippen LogP contribution in [0, 0.1) is 10.1 Å². The number of halogens is 1. The molecule has 110 valence electrons. The minimum atomic E-state index is -1.17. The van der Waals surface area contributed by atoms with Crippen molar-refractivity contribution >= 4 is 11.6 Å². The minimum Gasteiger partial charge on any atom is -0.335 e. The molecule has 0 aliphatic heterocycles. The highest BCUT2D eigenvalue weighted by Crippen LogP contribution is 2.33. The van der Waals surface area contributed by atoms with Crippen LogP contribution in [0.1, 0.15) is 12.0 Å². The molecule has 7 heteroatoms. The van der Waals surface area contributed by atoms with Gasteiger partial charge in [-0.2, -0.15) is 0 Å². The fourth-order valence-electron chi connectivity index (χ4n) is 2.20. The Morgan fingerprint density at radius 3 is 2.71 bits per heavy atom. The van der Waals surface area contributed by atoms with Crippen LogP contribution in [0.2, 0.25) is 5.02 Å². The normalized spacial score (nSPS) is 13.4. The summed E-state index contributed by atoms with van der Waals surface area (Å²) in [6.45, 7) is 3.91. The molecule has 1 heterocycles. The zero-order chi connectivity index (χ0) is 15.3. The van der Waals surface area contributed by atoms with E-state index in [0.717, 1.165) is 0 Å². The molecule has 0 spiro atoms. The first-order chi connectivity index (χ1) is 10.1. The van der Waals surface area contributed by atoms with E-state index in [0.29, 0.717) is 10.6 Å². The topological polar surface area (TPSA) is 70.2 Å². The van der Waals surface area contributed by atoms with Gasteiger partial charge in [-0.05, 0) is 17.7 Å². The van der Waals surface area contributed by atoms with E-state index in [1.54, 1.807) is 53.6 Å². The molecule has 0 bridgehead atoms. The van der Waals surface area contributed by atoms with Crippen molar-refractivity contribution in [2.45, 2.75) is 18.6 Å². The van der Waals surface area contributed by atoms with E-state index in [-0.39, 0.29) is 13.0 Å². The molecule has 1 aromatic carbocycles. The average molecular weight is 308 g/mol. The number of rotatable bonds is 7. The van der Waals surface area contributed by atoms with Crippen molar-refractivity contribution in [3.63, 3.8) is 0 Å². The van der Waals surface area contributed by atoms with Gasteiger partial charge in [-0.1, -0.05) is 29.8 Å². The zero-order valence-corrected chi connectivity index (χ0v) is 11.9. The van der Waals surface area contributed by atoms with Crippen molar-refractivity contribution in [2.75, 3.05) is 0 Å². The van der Waals surface area contributed by atoms with E-state index in [1.165, 1.54) is 0 Å². The summed E-state index contributed by atoms with van der Waals surface area (Å²) in [6, 6.07) is 6.77. The molecule has 1 atom stereocenters. The first-order valence-electron chi connectivity index (χ1n) is 6.22. The van der Waals surface area contributed by atoms with Crippen molar-refractivity contribution in [3.05, 3.63) is 76.3 Å². The lowest BCUT2D eigenvalue weighted by Gasteiger charge is -2.31. The van der Waals surface area contributed by atoms with E-state index in [1.807, 2.05) is 0 Å². The van der Waals surface area contributed by atoms with Gasteiger partial charge in [0.2, 0.25) is 0 Å². The molecule has 0 radical (unpaired) electrons. The van der Waals surface area contributed by atoms with Crippen molar-refractivity contribution < 1.29 is 9.92 Å². The highest BCUT2D eigenvalue weighted by atomic mass is 35.5. The molecule has 6 nitrogen and oxygen atoms in total. The molecule has 0 N–H and O–H groups in total. The third-order valence-electron chi connectivity index (χ3n) is 3.09. The first kappa shape index (κ1) is 15.1. The van der Waals surface area contributed by atoms with Crippen molar-refractivity contribution in [2.24, 2.45) is 0 Å². The second-order valence-corrected chi connectivity index (χ2v) is 4.98. The molecule has 1 aromatic heterocycles. The van der Waals surface area contributed by atoms with Crippen LogP contribution in [0.5, 0.6) is 0 Å². The standard InChI is InChI=1S/C14H14ClN3O3/c1-2-7-14(21-18(19)20,10-17-9-8-16-11-17)12-3-5-13(15)6-4-12/h2-6,8-9,11H,1,7,10H2. The van der Waals surface area contributed by atoms with Crippen molar-refractivity contribution in [1.82, 2.24) is 9.55 Å². The van der Waals surface area contributed by atoms with Crippen LogP contribution in [0.25, 0.3) is 0 Å². The Morgan fingerprint density at radius 2 is 2.19 bits per heavy atom. The Labute approximate surface area is 126 Å². The van der Waals surface area contributed by atoms with Gasteiger partial charge in [-0.25, -0.2) is 4.98 Å². The van der Waals surface area contributed by atoms with Gasteiger partial charge in [0.25, 0.3) is 5.09 Å². The van der Waals surface area contributed by atoms with E-state index < -0.39 is 10.7 Å². The number of hydrogen-bond acceptors (Lipinski definition) is 4. The lowest BCUT2D eigenvalue weighted by atomic mass is 9.90. The van der Waals surface area contributed by atoms with Gasteiger partial charge >= 0.3 is 0 Å². The summed E-state index contributed by atoms with van der Waals surface area (Å²) in [5.41, 5.74) is -0.520. The Hall–Kier alpha value is -2.34. The number of benzene rings is 1. The zero-order valence-electron chi connectivity index (χ0n) is 11.2. The summed E-state index contributed by atoms with van der Waals surface area (Å²) in [7, 11) is 0. The van der Waals surface area contributed by atoms with Crippen LogP contribution in [-0.2, 0) is 17.0 Å². The van der Waals surface area contributed by atoms with E-state index in [4.69, 9.17) is 16.4 Å². The predicted octanol–water partition coefficient (Wildman–Crippen LogP) is 3.22. The maximum atomic E-state index is 11.0. The Bertz CT molecular complexity index is 613. The lowest BCUT2D eigenvalue weighted by Crippen LogP contribution is -2.36. The van der Waals surface area contributed by atoms with Gasteiger partial charge in [0.15, 0.2) is 5.60 Å². The average Bonchev–Trinajstić information content (AvgIpc) is 2.91. The first-order valence-corrected chi connectivity index (χ1v) is 6.60. The molecule has 0 aliphatic carbocycles. The molecule has 0 amide bonds. The molecule has 0 saturated carbocycles. The molecule has 2 rings (SSSR count). The van der Waals surface area contributed by atoms with Gasteiger partial charge in [0.1, 0.15) is 0 Å². The summed E-state index contributed by atoms with van der Waals surface area (Å²) in [4.78, 5) is 19.9. The number of imidazole rings is 1. The molecule has 0 saturated heterocycles. The Balaban J connectivity index is 2.45. The van der Waals surface area contributed by atoms with Crippen LogP contribution in [-0.4, -0.2) is 14.6 Å². The molecule has 0 fully saturated rings. The second-order valence-electron chi connectivity index (χ2n) is 4.54. The van der Waals surface area contributed by atoms with E-state index >= 15 is 0 Å². The molecule has 0 aliphatic rings. The molecule has 2 aromatic rings. The quantitative estimate of drug-likeness (QED) is 0.447. The number of hydrogen-bond donors (Lipinski definition) is 0. The molecule has 21 heavy (non-hydrogen) atoms. The molecular weight excluding hydrogens is 294 g/mol. The van der Waals surface area contributed by atoms with Crippen LogP contribution in [0.4, 0.5) is 0 Å². The summed E-state index contributed by atoms with van der Waals surface area (Å²) in [5.74, 6) is 0. The van der Waals surface area contributed by atoms with Crippen LogP contribution in [0.15, 0.2) is 55.6 Å². The Kier molecular flexibility index (Phi) is 4.59. The van der Waals surface area contributed by atoms with E-state index in [2.05, 4.69) is 11.6 Å². The van der Waals surface area contributed by atoms with Gasteiger partial charge in [0.05, 0.1) is 12.9 Å². The second kappa shape index (κ2) is 6.41. The maximum absolute atomic E-state index is 11.0. The Morgan fingerprint density at radius 1 is 1.48 bits per heavy atom. The highest BCUT2D eigenvalue weighted by molar-refractivity contribution is 6.30. The largest absolute Gasteiger partial charge is 0.335 e.